The molecule has 1 aliphatic heterocycles. The summed E-state index contributed by atoms with van der Waals surface area (Å²) >= 11 is 0. The fourth-order valence-electron chi connectivity index (χ4n) is 1.52. The maximum Gasteiger partial charge on any atom is 0.222 e. The number of hydrogen-bond donors (Lipinski definition) is 1. The van der Waals surface area contributed by atoms with Crippen molar-refractivity contribution in [2.75, 3.05) is 23.7 Å². The highest BCUT2D eigenvalue weighted by Crippen LogP contribution is 2.20. The average molecular weight is 182 g/mol. The predicted octanol–water partition coefficient (Wildman–Crippen LogP) is 0.798. The molecule has 13 heavy (non-hydrogen) atoms. The standard InChI is InChI=1S/C8H11FN4/c9-6-5-11-8(10)12-7(6)13-3-1-2-4-13/h5H,1-4H2,(H2,10,11,12). The molecular weight excluding hydrogens is 171 g/mol. The summed E-state index contributed by atoms with van der Waals surface area (Å²) in [5, 5.41) is 0. The largest absolute Gasteiger partial charge is 0.368 e. The lowest BCUT2D eigenvalue weighted by Gasteiger charge is -2.16. The van der Waals surface area contributed by atoms with Crippen LogP contribution in [0.3, 0.4) is 0 Å². The van der Waals surface area contributed by atoms with Gasteiger partial charge in [0.25, 0.3) is 0 Å². The third-order valence-corrected chi connectivity index (χ3v) is 2.15. The van der Waals surface area contributed by atoms with Crippen LogP contribution in [0.2, 0.25) is 0 Å². The summed E-state index contributed by atoms with van der Waals surface area (Å²) < 4.78 is 13.2. The Balaban J connectivity index is 2.32. The van der Waals surface area contributed by atoms with E-state index in [1.54, 1.807) is 0 Å². The maximum absolute atomic E-state index is 13.2. The van der Waals surface area contributed by atoms with Gasteiger partial charge in [-0.2, -0.15) is 4.98 Å². The molecule has 0 atom stereocenters. The lowest BCUT2D eigenvalue weighted by Crippen LogP contribution is -2.21. The van der Waals surface area contributed by atoms with Crippen molar-refractivity contribution in [1.29, 1.82) is 0 Å². The fraction of sp³-hybridized carbons (Fsp3) is 0.500. The van der Waals surface area contributed by atoms with Crippen LogP contribution in [0.15, 0.2) is 6.20 Å². The molecule has 0 radical (unpaired) electrons. The zero-order valence-corrected chi connectivity index (χ0v) is 7.20. The zero-order chi connectivity index (χ0) is 9.26. The van der Waals surface area contributed by atoms with Gasteiger partial charge in [-0.15, -0.1) is 0 Å². The Morgan fingerprint density at radius 1 is 1.38 bits per heavy atom. The molecule has 0 unspecified atom stereocenters. The van der Waals surface area contributed by atoms with E-state index in [4.69, 9.17) is 5.73 Å². The van der Waals surface area contributed by atoms with E-state index >= 15 is 0 Å². The molecule has 4 nitrogen and oxygen atoms in total. The first kappa shape index (κ1) is 8.22. The SMILES string of the molecule is Nc1ncc(F)c(N2CCCC2)n1. The minimum absolute atomic E-state index is 0.128. The number of nitrogens with two attached hydrogens (primary N) is 1. The van der Waals surface area contributed by atoms with Gasteiger partial charge < -0.3 is 10.6 Å². The molecule has 0 spiro atoms. The third-order valence-electron chi connectivity index (χ3n) is 2.15. The van der Waals surface area contributed by atoms with Crippen LogP contribution >= 0.6 is 0 Å². The summed E-state index contributed by atoms with van der Waals surface area (Å²) in [5.74, 6) is 0.0735. The molecule has 5 heteroatoms. The van der Waals surface area contributed by atoms with E-state index in [2.05, 4.69) is 9.97 Å². The van der Waals surface area contributed by atoms with Crippen molar-refractivity contribution >= 4 is 11.8 Å². The Kier molecular flexibility index (Phi) is 2.00. The van der Waals surface area contributed by atoms with E-state index in [1.165, 1.54) is 0 Å². The van der Waals surface area contributed by atoms with Gasteiger partial charge in [0.1, 0.15) is 0 Å². The fourth-order valence-corrected chi connectivity index (χ4v) is 1.52. The van der Waals surface area contributed by atoms with Crippen LogP contribution in [0.4, 0.5) is 16.2 Å². The minimum atomic E-state index is -0.392. The summed E-state index contributed by atoms with van der Waals surface area (Å²) in [6.45, 7) is 1.71. The minimum Gasteiger partial charge on any atom is -0.368 e. The molecule has 0 bridgehead atoms. The van der Waals surface area contributed by atoms with Crippen LogP contribution < -0.4 is 10.6 Å². The van der Waals surface area contributed by atoms with E-state index in [1.807, 2.05) is 4.90 Å². The Morgan fingerprint density at radius 3 is 2.77 bits per heavy atom. The molecule has 0 saturated carbocycles. The van der Waals surface area contributed by atoms with Gasteiger partial charge in [-0.25, -0.2) is 9.37 Å². The molecule has 2 heterocycles. The predicted molar refractivity (Wildman–Crippen MR) is 47.8 cm³/mol. The van der Waals surface area contributed by atoms with Crippen molar-refractivity contribution in [2.45, 2.75) is 12.8 Å². The van der Waals surface area contributed by atoms with Gasteiger partial charge in [0, 0.05) is 13.1 Å². The first-order valence-corrected chi connectivity index (χ1v) is 4.30. The van der Waals surface area contributed by atoms with E-state index in [-0.39, 0.29) is 5.95 Å². The summed E-state index contributed by atoms with van der Waals surface area (Å²) in [6.07, 6.45) is 3.29. The number of rotatable bonds is 1. The molecule has 1 saturated heterocycles. The van der Waals surface area contributed by atoms with Crippen molar-refractivity contribution in [1.82, 2.24) is 9.97 Å². The molecule has 0 aliphatic carbocycles. The number of nitrogens with zero attached hydrogens (tertiary/aromatic N) is 3. The Morgan fingerprint density at radius 2 is 2.08 bits per heavy atom. The first-order valence-electron chi connectivity index (χ1n) is 4.30. The molecule has 1 aromatic heterocycles. The topological polar surface area (TPSA) is 55.0 Å². The molecule has 2 rings (SSSR count). The highest BCUT2D eigenvalue weighted by Gasteiger charge is 2.17. The van der Waals surface area contributed by atoms with E-state index < -0.39 is 5.82 Å². The van der Waals surface area contributed by atoms with Crippen molar-refractivity contribution in [3.8, 4) is 0 Å². The first-order chi connectivity index (χ1) is 6.27. The molecule has 1 aromatic rings. The third kappa shape index (κ3) is 1.54. The smallest absolute Gasteiger partial charge is 0.222 e. The second kappa shape index (κ2) is 3.16. The van der Waals surface area contributed by atoms with E-state index in [9.17, 15) is 4.39 Å². The van der Waals surface area contributed by atoms with Gasteiger partial charge in [-0.3, -0.25) is 0 Å². The molecule has 0 aromatic carbocycles. The summed E-state index contributed by atoms with van der Waals surface area (Å²) in [5.41, 5.74) is 5.38. The number of halogens is 1. The molecular formula is C8H11FN4. The summed E-state index contributed by atoms with van der Waals surface area (Å²) in [4.78, 5) is 9.34. The highest BCUT2D eigenvalue weighted by atomic mass is 19.1. The van der Waals surface area contributed by atoms with E-state index in [0.717, 1.165) is 32.1 Å². The summed E-state index contributed by atoms with van der Waals surface area (Å²) in [6, 6.07) is 0. The Hall–Kier alpha value is -1.39. The van der Waals surface area contributed by atoms with Gasteiger partial charge in [-0.05, 0) is 12.8 Å². The molecule has 2 N–H and O–H groups in total. The van der Waals surface area contributed by atoms with Crippen molar-refractivity contribution in [3.63, 3.8) is 0 Å². The van der Waals surface area contributed by atoms with Crippen LogP contribution in [-0.4, -0.2) is 23.1 Å². The van der Waals surface area contributed by atoms with Gasteiger partial charge in [-0.1, -0.05) is 0 Å². The molecule has 70 valence electrons. The second-order valence-electron chi connectivity index (χ2n) is 3.09. The Bertz CT molecular complexity index is 309. The number of hydrogen-bond acceptors (Lipinski definition) is 4. The van der Waals surface area contributed by atoms with E-state index in [0.29, 0.717) is 5.82 Å². The lowest BCUT2D eigenvalue weighted by molar-refractivity contribution is 0.609. The number of anilines is 2. The van der Waals surface area contributed by atoms with Crippen molar-refractivity contribution in [3.05, 3.63) is 12.0 Å². The number of aromatic nitrogens is 2. The average Bonchev–Trinajstić information content (AvgIpc) is 2.61. The zero-order valence-electron chi connectivity index (χ0n) is 7.20. The van der Waals surface area contributed by atoms with Gasteiger partial charge in [0.15, 0.2) is 11.6 Å². The van der Waals surface area contributed by atoms with Gasteiger partial charge in [0.2, 0.25) is 5.95 Å². The lowest BCUT2D eigenvalue weighted by atomic mass is 10.4. The quantitative estimate of drug-likeness (QED) is 0.698. The molecule has 1 aliphatic rings. The summed E-state index contributed by atoms with van der Waals surface area (Å²) in [7, 11) is 0. The highest BCUT2D eigenvalue weighted by molar-refractivity contribution is 5.43. The van der Waals surface area contributed by atoms with Gasteiger partial charge >= 0.3 is 0 Å². The van der Waals surface area contributed by atoms with Crippen molar-refractivity contribution in [2.24, 2.45) is 0 Å². The normalized spacial score (nSPS) is 16.5. The molecule has 1 fully saturated rings. The van der Waals surface area contributed by atoms with Crippen molar-refractivity contribution < 1.29 is 4.39 Å². The monoisotopic (exact) mass is 182 g/mol. The maximum atomic E-state index is 13.2. The van der Waals surface area contributed by atoms with Crippen LogP contribution in [0.5, 0.6) is 0 Å². The van der Waals surface area contributed by atoms with Crippen LogP contribution in [0.1, 0.15) is 12.8 Å². The van der Waals surface area contributed by atoms with Crippen LogP contribution in [0.25, 0.3) is 0 Å². The second-order valence-corrected chi connectivity index (χ2v) is 3.09. The Labute approximate surface area is 75.6 Å². The van der Waals surface area contributed by atoms with Crippen LogP contribution in [0, 0.1) is 5.82 Å². The molecule has 0 amide bonds. The number of nitrogen functional groups attached to an aromatic ring is 1. The van der Waals surface area contributed by atoms with Gasteiger partial charge in [0.05, 0.1) is 6.20 Å². The van der Waals surface area contributed by atoms with Crippen LogP contribution in [-0.2, 0) is 0 Å².